The number of rotatable bonds is 15. The molecule has 0 aliphatic rings. The van der Waals surface area contributed by atoms with Crippen molar-refractivity contribution >= 4 is 5.97 Å². The summed E-state index contributed by atoms with van der Waals surface area (Å²) in [7, 11) is 0. The van der Waals surface area contributed by atoms with Gasteiger partial charge in [-0.05, 0) is 56.0 Å². The quantitative estimate of drug-likeness (QED) is 0.184. The first kappa shape index (κ1) is 25.0. The van der Waals surface area contributed by atoms with E-state index in [9.17, 15) is 4.79 Å². The summed E-state index contributed by atoms with van der Waals surface area (Å²) in [5.74, 6) is 0.805. The molecule has 0 radical (unpaired) electrons. The van der Waals surface area contributed by atoms with Gasteiger partial charge >= 0.3 is 5.97 Å². The SMILES string of the molecule is CCCCCCCOC(C)C(=O)Oc1ccc(-c2ncc(CCCCCC)cn2)cc1. The van der Waals surface area contributed by atoms with Crippen molar-refractivity contribution in [2.75, 3.05) is 6.61 Å². The summed E-state index contributed by atoms with van der Waals surface area (Å²) in [6, 6.07) is 7.29. The molecule has 2 rings (SSSR count). The van der Waals surface area contributed by atoms with Crippen molar-refractivity contribution in [2.45, 2.75) is 91.1 Å². The van der Waals surface area contributed by atoms with E-state index in [1.54, 1.807) is 19.1 Å². The number of carbonyl (C=O) groups excluding carboxylic acids is 1. The van der Waals surface area contributed by atoms with E-state index in [1.165, 1.54) is 50.5 Å². The minimum absolute atomic E-state index is 0.370. The number of ether oxygens (including phenoxy) is 2. The molecule has 2 aromatic rings. The Bertz CT molecular complexity index is 744. The van der Waals surface area contributed by atoms with E-state index in [4.69, 9.17) is 9.47 Å². The van der Waals surface area contributed by atoms with Gasteiger partial charge in [-0.3, -0.25) is 0 Å². The fourth-order valence-electron chi connectivity index (χ4n) is 3.29. The van der Waals surface area contributed by atoms with Gasteiger partial charge in [-0.25, -0.2) is 14.8 Å². The Labute approximate surface area is 187 Å². The van der Waals surface area contributed by atoms with E-state index in [2.05, 4.69) is 23.8 Å². The smallest absolute Gasteiger partial charge is 0.340 e. The molecule has 170 valence electrons. The molecule has 1 unspecified atom stereocenters. The maximum Gasteiger partial charge on any atom is 0.340 e. The van der Waals surface area contributed by atoms with Crippen LogP contribution < -0.4 is 4.74 Å². The molecule has 5 heteroatoms. The molecule has 31 heavy (non-hydrogen) atoms. The third kappa shape index (κ3) is 9.60. The van der Waals surface area contributed by atoms with Gasteiger partial charge in [0.25, 0.3) is 0 Å². The van der Waals surface area contributed by atoms with Crippen LogP contribution in [0, 0.1) is 0 Å². The van der Waals surface area contributed by atoms with Crippen LogP contribution in [-0.4, -0.2) is 28.6 Å². The summed E-state index contributed by atoms with van der Waals surface area (Å²) in [6.45, 7) is 6.74. The minimum atomic E-state index is -0.570. The Morgan fingerprint density at radius 2 is 1.48 bits per heavy atom. The zero-order chi connectivity index (χ0) is 22.3. The second-order valence-electron chi connectivity index (χ2n) is 8.10. The number of unbranched alkanes of at least 4 members (excludes halogenated alkanes) is 7. The lowest BCUT2D eigenvalue weighted by atomic mass is 10.1. The third-order valence-electron chi connectivity index (χ3n) is 5.30. The first-order valence-corrected chi connectivity index (χ1v) is 11.9. The largest absolute Gasteiger partial charge is 0.425 e. The average molecular weight is 427 g/mol. The molecule has 0 aliphatic heterocycles. The van der Waals surface area contributed by atoms with Crippen LogP contribution in [0.5, 0.6) is 5.75 Å². The molecule has 0 fully saturated rings. The fourth-order valence-corrected chi connectivity index (χ4v) is 3.29. The number of aromatic nitrogens is 2. The summed E-state index contributed by atoms with van der Waals surface area (Å²) in [6.07, 6.45) is 15.0. The Morgan fingerprint density at radius 3 is 2.13 bits per heavy atom. The summed E-state index contributed by atoms with van der Waals surface area (Å²) in [5, 5.41) is 0. The van der Waals surface area contributed by atoms with Crippen LogP contribution in [0.4, 0.5) is 0 Å². The molecule has 0 saturated carbocycles. The second kappa shape index (κ2) is 14.7. The highest BCUT2D eigenvalue weighted by molar-refractivity contribution is 5.77. The van der Waals surface area contributed by atoms with E-state index < -0.39 is 6.10 Å². The molecule has 1 aromatic heterocycles. The fraction of sp³-hybridized carbons (Fsp3) is 0.577. The zero-order valence-electron chi connectivity index (χ0n) is 19.4. The highest BCUT2D eigenvalue weighted by Crippen LogP contribution is 2.20. The summed E-state index contributed by atoms with van der Waals surface area (Å²) in [5.41, 5.74) is 2.07. The van der Waals surface area contributed by atoms with Gasteiger partial charge in [-0.1, -0.05) is 58.8 Å². The van der Waals surface area contributed by atoms with Crippen molar-refractivity contribution in [2.24, 2.45) is 0 Å². The van der Waals surface area contributed by atoms with E-state index in [0.29, 0.717) is 18.2 Å². The van der Waals surface area contributed by atoms with Gasteiger partial charge in [0.2, 0.25) is 0 Å². The predicted molar refractivity (Wildman–Crippen MR) is 125 cm³/mol. The molecule has 1 aromatic carbocycles. The Kier molecular flexibility index (Phi) is 11.8. The van der Waals surface area contributed by atoms with Crippen LogP contribution in [0.2, 0.25) is 0 Å². The van der Waals surface area contributed by atoms with Gasteiger partial charge < -0.3 is 9.47 Å². The third-order valence-corrected chi connectivity index (χ3v) is 5.30. The van der Waals surface area contributed by atoms with Gasteiger partial charge in [-0.15, -0.1) is 0 Å². The molecule has 0 bridgehead atoms. The topological polar surface area (TPSA) is 61.3 Å². The van der Waals surface area contributed by atoms with E-state index in [-0.39, 0.29) is 5.97 Å². The summed E-state index contributed by atoms with van der Waals surface area (Å²) < 4.78 is 11.0. The van der Waals surface area contributed by atoms with Crippen molar-refractivity contribution < 1.29 is 14.3 Å². The molecule has 1 heterocycles. The van der Waals surface area contributed by atoms with Crippen LogP contribution >= 0.6 is 0 Å². The number of esters is 1. The Morgan fingerprint density at radius 1 is 0.871 bits per heavy atom. The maximum absolute atomic E-state index is 12.2. The summed E-state index contributed by atoms with van der Waals surface area (Å²) >= 11 is 0. The number of aryl methyl sites for hydroxylation is 1. The van der Waals surface area contributed by atoms with Crippen molar-refractivity contribution in [3.8, 4) is 17.1 Å². The number of hydrogen-bond donors (Lipinski definition) is 0. The van der Waals surface area contributed by atoms with Crippen LogP contribution in [-0.2, 0) is 16.0 Å². The standard InChI is InChI=1S/C26H38N2O3/c1-4-6-8-10-12-18-30-21(3)26(29)31-24-16-14-23(15-17-24)25-27-19-22(20-28-25)13-11-9-7-5-2/h14-17,19-21H,4-13,18H2,1-3H3. The monoisotopic (exact) mass is 426 g/mol. The summed E-state index contributed by atoms with van der Waals surface area (Å²) in [4.78, 5) is 21.2. The highest BCUT2D eigenvalue weighted by Gasteiger charge is 2.16. The van der Waals surface area contributed by atoms with Crippen LogP contribution in [0.15, 0.2) is 36.7 Å². The van der Waals surface area contributed by atoms with Gasteiger partial charge in [0, 0.05) is 24.6 Å². The van der Waals surface area contributed by atoms with E-state index in [1.807, 2.05) is 24.5 Å². The van der Waals surface area contributed by atoms with Crippen molar-refractivity contribution in [3.05, 3.63) is 42.2 Å². The molecule has 0 aliphatic carbocycles. The van der Waals surface area contributed by atoms with Crippen molar-refractivity contribution in [3.63, 3.8) is 0 Å². The Hall–Kier alpha value is -2.27. The second-order valence-corrected chi connectivity index (χ2v) is 8.10. The minimum Gasteiger partial charge on any atom is -0.425 e. The van der Waals surface area contributed by atoms with E-state index in [0.717, 1.165) is 24.8 Å². The molecular weight excluding hydrogens is 388 g/mol. The van der Waals surface area contributed by atoms with Gasteiger partial charge in [0.15, 0.2) is 11.9 Å². The number of benzene rings is 1. The lowest BCUT2D eigenvalue weighted by Crippen LogP contribution is -2.26. The Balaban J connectivity index is 1.77. The molecule has 0 saturated heterocycles. The van der Waals surface area contributed by atoms with Crippen LogP contribution in [0.3, 0.4) is 0 Å². The van der Waals surface area contributed by atoms with E-state index >= 15 is 0 Å². The van der Waals surface area contributed by atoms with Crippen LogP contribution in [0.25, 0.3) is 11.4 Å². The highest BCUT2D eigenvalue weighted by atomic mass is 16.6. The lowest BCUT2D eigenvalue weighted by Gasteiger charge is -2.12. The maximum atomic E-state index is 12.2. The van der Waals surface area contributed by atoms with Crippen molar-refractivity contribution in [1.29, 1.82) is 0 Å². The first-order valence-electron chi connectivity index (χ1n) is 11.9. The predicted octanol–water partition coefficient (Wildman–Crippen LogP) is 6.55. The number of hydrogen-bond acceptors (Lipinski definition) is 5. The molecule has 1 atom stereocenters. The molecule has 0 amide bonds. The van der Waals surface area contributed by atoms with Gasteiger partial charge in [0.1, 0.15) is 5.75 Å². The molecular formula is C26H38N2O3. The number of carbonyl (C=O) groups is 1. The zero-order valence-corrected chi connectivity index (χ0v) is 19.4. The number of nitrogens with zero attached hydrogens (tertiary/aromatic N) is 2. The normalized spacial score (nSPS) is 12.0. The lowest BCUT2D eigenvalue weighted by molar-refractivity contribution is -0.146. The van der Waals surface area contributed by atoms with Crippen LogP contribution in [0.1, 0.15) is 84.1 Å². The van der Waals surface area contributed by atoms with Gasteiger partial charge in [0.05, 0.1) is 0 Å². The first-order chi connectivity index (χ1) is 15.1. The molecule has 5 nitrogen and oxygen atoms in total. The van der Waals surface area contributed by atoms with Crippen molar-refractivity contribution in [1.82, 2.24) is 9.97 Å². The average Bonchev–Trinajstić information content (AvgIpc) is 2.80. The molecule has 0 N–H and O–H groups in total. The molecule has 0 spiro atoms. The van der Waals surface area contributed by atoms with Gasteiger partial charge in [-0.2, -0.15) is 0 Å².